The zero-order chi connectivity index (χ0) is 17.6. The number of hydrogen-bond donors (Lipinski definition) is 1. The Morgan fingerprint density at radius 3 is 2.32 bits per heavy atom. The van der Waals surface area contributed by atoms with E-state index in [1.54, 1.807) is 21.9 Å². The van der Waals surface area contributed by atoms with Gasteiger partial charge >= 0.3 is 6.03 Å². The van der Waals surface area contributed by atoms with Gasteiger partial charge in [-0.1, -0.05) is 41.9 Å². The summed E-state index contributed by atoms with van der Waals surface area (Å²) in [4.78, 5) is 32.1. The predicted molar refractivity (Wildman–Crippen MR) is 95.4 cm³/mol. The molecule has 0 spiro atoms. The van der Waals surface area contributed by atoms with E-state index in [1.807, 2.05) is 30.3 Å². The second kappa shape index (κ2) is 7.98. The van der Waals surface area contributed by atoms with Crippen molar-refractivity contribution in [2.24, 2.45) is 0 Å². The normalized spacial score (nSPS) is 14.3. The molecule has 0 saturated carbocycles. The minimum atomic E-state index is -0.107. The highest BCUT2D eigenvalue weighted by molar-refractivity contribution is 6.29. The summed E-state index contributed by atoms with van der Waals surface area (Å²) in [5.41, 5.74) is 1.56. The van der Waals surface area contributed by atoms with Gasteiger partial charge in [0.1, 0.15) is 5.15 Å². The standard InChI is InChI=1S/C18H19ClN4O2/c19-16-7-6-15(13-20-16)17(24)22-8-10-23(11-9-22)18(25)21-12-14-4-2-1-3-5-14/h1-7,13H,8-12H2,(H,21,25). The highest BCUT2D eigenvalue weighted by Crippen LogP contribution is 2.11. The minimum Gasteiger partial charge on any atom is -0.335 e. The maximum atomic E-state index is 12.4. The van der Waals surface area contributed by atoms with Crippen LogP contribution in [0, 0.1) is 0 Å². The highest BCUT2D eigenvalue weighted by atomic mass is 35.5. The lowest BCUT2D eigenvalue weighted by Crippen LogP contribution is -2.53. The van der Waals surface area contributed by atoms with Gasteiger partial charge in [0.15, 0.2) is 0 Å². The molecule has 1 aromatic heterocycles. The Balaban J connectivity index is 1.48. The summed E-state index contributed by atoms with van der Waals surface area (Å²) < 4.78 is 0. The second-order valence-corrected chi connectivity index (χ2v) is 6.18. The number of amides is 3. The SMILES string of the molecule is O=C(NCc1ccccc1)N1CCN(C(=O)c2ccc(Cl)nc2)CC1. The molecule has 6 nitrogen and oxygen atoms in total. The van der Waals surface area contributed by atoms with E-state index in [2.05, 4.69) is 10.3 Å². The van der Waals surface area contributed by atoms with Gasteiger partial charge in [-0.25, -0.2) is 9.78 Å². The molecule has 0 unspecified atom stereocenters. The fraction of sp³-hybridized carbons (Fsp3) is 0.278. The third-order valence-corrected chi connectivity index (χ3v) is 4.34. The van der Waals surface area contributed by atoms with Gasteiger partial charge in [0.25, 0.3) is 5.91 Å². The first-order valence-corrected chi connectivity index (χ1v) is 8.49. The van der Waals surface area contributed by atoms with Crippen LogP contribution in [0.15, 0.2) is 48.7 Å². The predicted octanol–water partition coefficient (Wildman–Crippen LogP) is 2.40. The van der Waals surface area contributed by atoms with Gasteiger partial charge in [-0.2, -0.15) is 0 Å². The fourth-order valence-corrected chi connectivity index (χ4v) is 2.79. The first kappa shape index (κ1) is 17.2. The van der Waals surface area contributed by atoms with Crippen molar-refractivity contribution in [3.05, 3.63) is 64.9 Å². The van der Waals surface area contributed by atoms with Gasteiger partial charge in [0.05, 0.1) is 5.56 Å². The molecule has 25 heavy (non-hydrogen) atoms. The van der Waals surface area contributed by atoms with E-state index in [-0.39, 0.29) is 11.9 Å². The summed E-state index contributed by atoms with van der Waals surface area (Å²) in [6.07, 6.45) is 1.48. The van der Waals surface area contributed by atoms with Crippen LogP contribution in [0.5, 0.6) is 0 Å². The number of aromatic nitrogens is 1. The van der Waals surface area contributed by atoms with Crippen LogP contribution in [0.1, 0.15) is 15.9 Å². The van der Waals surface area contributed by atoms with Gasteiger partial charge < -0.3 is 15.1 Å². The van der Waals surface area contributed by atoms with Gasteiger partial charge in [-0.05, 0) is 17.7 Å². The number of carbonyl (C=O) groups excluding carboxylic acids is 2. The molecule has 0 bridgehead atoms. The molecule has 1 aliphatic rings. The Morgan fingerprint density at radius 2 is 1.68 bits per heavy atom. The van der Waals surface area contributed by atoms with Gasteiger partial charge in [-0.15, -0.1) is 0 Å². The average molecular weight is 359 g/mol. The number of urea groups is 1. The largest absolute Gasteiger partial charge is 0.335 e. The van der Waals surface area contributed by atoms with Crippen LogP contribution in [-0.4, -0.2) is 52.9 Å². The molecule has 2 heterocycles. The molecule has 130 valence electrons. The zero-order valence-electron chi connectivity index (χ0n) is 13.7. The molecule has 0 radical (unpaired) electrons. The van der Waals surface area contributed by atoms with E-state index in [1.165, 1.54) is 6.20 Å². The van der Waals surface area contributed by atoms with E-state index in [9.17, 15) is 9.59 Å². The maximum Gasteiger partial charge on any atom is 0.317 e. The molecule has 2 aromatic rings. The lowest BCUT2D eigenvalue weighted by Gasteiger charge is -2.34. The number of benzene rings is 1. The van der Waals surface area contributed by atoms with Crippen molar-refractivity contribution in [1.29, 1.82) is 0 Å². The Morgan fingerprint density at radius 1 is 1.00 bits per heavy atom. The summed E-state index contributed by atoms with van der Waals surface area (Å²) in [6.45, 7) is 2.51. The number of nitrogens with zero attached hydrogens (tertiary/aromatic N) is 3. The minimum absolute atomic E-state index is 0.0893. The smallest absolute Gasteiger partial charge is 0.317 e. The van der Waals surface area contributed by atoms with Gasteiger partial charge in [0, 0.05) is 38.9 Å². The van der Waals surface area contributed by atoms with Crippen molar-refractivity contribution < 1.29 is 9.59 Å². The van der Waals surface area contributed by atoms with Crippen molar-refractivity contribution in [2.45, 2.75) is 6.54 Å². The van der Waals surface area contributed by atoms with E-state index in [4.69, 9.17) is 11.6 Å². The lowest BCUT2D eigenvalue weighted by atomic mass is 10.2. The van der Waals surface area contributed by atoms with Gasteiger partial charge in [-0.3, -0.25) is 4.79 Å². The summed E-state index contributed by atoms with van der Waals surface area (Å²) >= 11 is 5.74. The van der Waals surface area contributed by atoms with E-state index in [0.717, 1.165) is 5.56 Å². The third kappa shape index (κ3) is 4.48. The van der Waals surface area contributed by atoms with Crippen LogP contribution in [0.4, 0.5) is 4.79 Å². The van der Waals surface area contributed by atoms with Crippen LogP contribution < -0.4 is 5.32 Å². The van der Waals surface area contributed by atoms with Crippen molar-refractivity contribution >= 4 is 23.5 Å². The number of hydrogen-bond acceptors (Lipinski definition) is 3. The summed E-state index contributed by atoms with van der Waals surface area (Å²) in [5, 5.41) is 3.27. The number of piperazine rings is 1. The molecule has 0 atom stereocenters. The molecule has 3 rings (SSSR count). The molecule has 7 heteroatoms. The van der Waals surface area contributed by atoms with Crippen LogP contribution in [0.2, 0.25) is 5.15 Å². The van der Waals surface area contributed by atoms with Crippen LogP contribution >= 0.6 is 11.6 Å². The maximum absolute atomic E-state index is 12.4. The van der Waals surface area contributed by atoms with Crippen molar-refractivity contribution in [3.63, 3.8) is 0 Å². The zero-order valence-corrected chi connectivity index (χ0v) is 14.4. The van der Waals surface area contributed by atoms with E-state index < -0.39 is 0 Å². The summed E-state index contributed by atoms with van der Waals surface area (Å²) in [5.74, 6) is -0.0893. The van der Waals surface area contributed by atoms with Crippen molar-refractivity contribution in [3.8, 4) is 0 Å². The molecule has 1 fully saturated rings. The summed E-state index contributed by atoms with van der Waals surface area (Å²) in [6, 6.07) is 12.9. The fourth-order valence-electron chi connectivity index (χ4n) is 2.68. The Labute approximate surface area is 151 Å². The molecule has 1 aliphatic heterocycles. The Hall–Kier alpha value is -2.60. The monoisotopic (exact) mass is 358 g/mol. The Bertz CT molecular complexity index is 729. The second-order valence-electron chi connectivity index (χ2n) is 5.79. The number of nitrogens with one attached hydrogen (secondary N) is 1. The molecular formula is C18H19ClN4O2. The Kier molecular flexibility index (Phi) is 5.50. The van der Waals surface area contributed by atoms with Crippen molar-refractivity contribution in [2.75, 3.05) is 26.2 Å². The van der Waals surface area contributed by atoms with Crippen molar-refractivity contribution in [1.82, 2.24) is 20.1 Å². The van der Waals surface area contributed by atoms with Gasteiger partial charge in [0.2, 0.25) is 0 Å². The van der Waals surface area contributed by atoms with E-state index >= 15 is 0 Å². The molecule has 1 saturated heterocycles. The molecule has 0 aliphatic carbocycles. The third-order valence-electron chi connectivity index (χ3n) is 4.11. The number of pyridine rings is 1. The molecule has 1 N–H and O–H groups in total. The first-order chi connectivity index (χ1) is 12.1. The average Bonchev–Trinajstić information content (AvgIpc) is 2.67. The molecule has 1 aromatic carbocycles. The van der Waals surface area contributed by atoms with Crippen LogP contribution in [0.3, 0.4) is 0 Å². The number of carbonyl (C=O) groups is 2. The lowest BCUT2D eigenvalue weighted by molar-refractivity contribution is 0.0664. The van der Waals surface area contributed by atoms with Crippen LogP contribution in [0.25, 0.3) is 0 Å². The molecule has 3 amide bonds. The topological polar surface area (TPSA) is 65.5 Å². The van der Waals surface area contributed by atoms with Crippen LogP contribution in [-0.2, 0) is 6.54 Å². The number of rotatable bonds is 3. The summed E-state index contributed by atoms with van der Waals surface area (Å²) in [7, 11) is 0. The van der Waals surface area contributed by atoms with E-state index in [0.29, 0.717) is 43.4 Å². The highest BCUT2D eigenvalue weighted by Gasteiger charge is 2.24. The number of halogens is 1. The first-order valence-electron chi connectivity index (χ1n) is 8.11. The molecular weight excluding hydrogens is 340 g/mol. The quantitative estimate of drug-likeness (QED) is 0.857.